The summed E-state index contributed by atoms with van der Waals surface area (Å²) in [6.07, 6.45) is 8.90. The van der Waals surface area contributed by atoms with Gasteiger partial charge in [0, 0.05) is 30.2 Å². The maximum Gasteiger partial charge on any atom is 0.252 e. The van der Waals surface area contributed by atoms with Crippen molar-refractivity contribution < 1.29 is 5.11 Å². The summed E-state index contributed by atoms with van der Waals surface area (Å²) in [5, 5.41) is 36.1. The van der Waals surface area contributed by atoms with Crippen molar-refractivity contribution in [3.05, 3.63) is 36.5 Å². The number of nitrogens with one attached hydrogen (secondary N) is 1. The van der Waals surface area contributed by atoms with Crippen molar-refractivity contribution in [2.75, 3.05) is 11.9 Å². The average molecular weight is 446 g/mol. The second kappa shape index (κ2) is 7.78. The van der Waals surface area contributed by atoms with E-state index in [1.54, 1.807) is 18.3 Å². The molecule has 10 nitrogen and oxygen atoms in total. The zero-order valence-electron chi connectivity index (χ0n) is 19.0. The standard InChI is InChI=1S/C23H27N9O/c1-22-7-4-8-23(2,30-22)11-16(10-22)31(3)20-13-25-21(28-27-20)17-6-5-15(9-18(17)33)32-14-26-19(12-24)29-32/h5-6,9,13-14,16,30,33H,4,7-8,10-11H2,1-3H3/t16-,22-,23+. The van der Waals surface area contributed by atoms with Gasteiger partial charge in [-0.2, -0.15) is 5.26 Å². The van der Waals surface area contributed by atoms with Gasteiger partial charge >= 0.3 is 0 Å². The van der Waals surface area contributed by atoms with Crippen LogP contribution in [0.25, 0.3) is 17.1 Å². The van der Waals surface area contributed by atoms with Gasteiger partial charge in [0.25, 0.3) is 5.82 Å². The fraction of sp³-hybridized carbons (Fsp3) is 0.478. The number of fused-ring (bicyclic) bond motifs is 2. The van der Waals surface area contributed by atoms with E-state index in [0.717, 1.165) is 18.7 Å². The highest BCUT2D eigenvalue weighted by Crippen LogP contribution is 2.41. The summed E-state index contributed by atoms with van der Waals surface area (Å²) in [5.41, 5.74) is 1.35. The lowest BCUT2D eigenvalue weighted by molar-refractivity contribution is 0.0784. The molecule has 0 unspecified atom stereocenters. The van der Waals surface area contributed by atoms with Gasteiger partial charge in [-0.25, -0.2) is 14.6 Å². The van der Waals surface area contributed by atoms with Gasteiger partial charge in [0.05, 0.1) is 17.4 Å². The first-order valence-corrected chi connectivity index (χ1v) is 11.1. The van der Waals surface area contributed by atoms with Crippen molar-refractivity contribution in [1.82, 2.24) is 35.3 Å². The van der Waals surface area contributed by atoms with Crippen LogP contribution in [0.3, 0.4) is 0 Å². The lowest BCUT2D eigenvalue weighted by atomic mass is 9.69. The Morgan fingerprint density at radius 3 is 2.55 bits per heavy atom. The summed E-state index contributed by atoms with van der Waals surface area (Å²) in [6, 6.07) is 7.23. The molecular formula is C23H27N9O. The molecule has 1 aromatic carbocycles. The number of anilines is 1. The Labute approximate surface area is 192 Å². The van der Waals surface area contributed by atoms with E-state index in [2.05, 4.69) is 56.4 Å². The van der Waals surface area contributed by atoms with Crippen LogP contribution in [-0.2, 0) is 0 Å². The molecule has 2 bridgehead atoms. The van der Waals surface area contributed by atoms with Crippen LogP contribution in [0, 0.1) is 11.3 Å². The number of hydrogen-bond acceptors (Lipinski definition) is 9. The van der Waals surface area contributed by atoms with Crippen LogP contribution < -0.4 is 10.2 Å². The van der Waals surface area contributed by atoms with Gasteiger partial charge in [0.15, 0.2) is 11.6 Å². The second-order valence-electron chi connectivity index (χ2n) is 9.74. The molecule has 5 rings (SSSR count). The third kappa shape index (κ3) is 4.00. The molecule has 2 aromatic heterocycles. The van der Waals surface area contributed by atoms with E-state index in [9.17, 15) is 5.11 Å². The van der Waals surface area contributed by atoms with Gasteiger partial charge in [-0.3, -0.25) is 0 Å². The Morgan fingerprint density at radius 2 is 1.94 bits per heavy atom. The van der Waals surface area contributed by atoms with Crippen LogP contribution in [0.1, 0.15) is 51.8 Å². The molecule has 33 heavy (non-hydrogen) atoms. The number of aromatic nitrogens is 6. The van der Waals surface area contributed by atoms with Crippen molar-refractivity contribution in [3.63, 3.8) is 0 Å². The first kappa shape index (κ1) is 21.3. The predicted octanol–water partition coefficient (Wildman–Crippen LogP) is 2.59. The quantitative estimate of drug-likeness (QED) is 0.622. The molecule has 0 spiro atoms. The predicted molar refractivity (Wildman–Crippen MR) is 122 cm³/mol. The zero-order valence-corrected chi connectivity index (χ0v) is 19.0. The molecule has 3 atom stereocenters. The van der Waals surface area contributed by atoms with Crippen molar-refractivity contribution in [2.45, 2.75) is 63.1 Å². The van der Waals surface area contributed by atoms with Crippen molar-refractivity contribution >= 4 is 5.82 Å². The summed E-state index contributed by atoms with van der Waals surface area (Å²) in [4.78, 5) is 10.5. The van der Waals surface area contributed by atoms with E-state index >= 15 is 0 Å². The number of phenols is 1. The van der Waals surface area contributed by atoms with E-state index < -0.39 is 0 Å². The van der Waals surface area contributed by atoms with Gasteiger partial charge in [0.1, 0.15) is 18.1 Å². The highest BCUT2D eigenvalue weighted by atomic mass is 16.3. The molecule has 0 amide bonds. The molecule has 0 aliphatic carbocycles. The second-order valence-corrected chi connectivity index (χ2v) is 9.74. The zero-order chi connectivity index (χ0) is 23.2. The maximum atomic E-state index is 10.5. The van der Waals surface area contributed by atoms with Crippen LogP contribution in [-0.4, -0.2) is 59.2 Å². The smallest absolute Gasteiger partial charge is 0.252 e. The fourth-order valence-corrected chi connectivity index (χ4v) is 5.45. The molecule has 2 saturated heterocycles. The molecule has 2 fully saturated rings. The minimum Gasteiger partial charge on any atom is -0.507 e. The third-order valence-corrected chi connectivity index (χ3v) is 6.97. The van der Waals surface area contributed by atoms with Gasteiger partial charge in [0.2, 0.25) is 0 Å². The van der Waals surface area contributed by atoms with Crippen LogP contribution in [0.2, 0.25) is 0 Å². The Kier molecular flexibility index (Phi) is 5.01. The summed E-state index contributed by atoms with van der Waals surface area (Å²) in [7, 11) is 2.06. The molecule has 170 valence electrons. The SMILES string of the molecule is CN(c1cnc(-c2ccc(-n3cnc(C#N)n3)cc2O)nn1)[C@H]1C[C@]2(C)CCC[C@](C)(C1)N2. The van der Waals surface area contributed by atoms with Crippen molar-refractivity contribution in [2.24, 2.45) is 0 Å². The van der Waals surface area contributed by atoms with E-state index in [0.29, 0.717) is 23.1 Å². The highest BCUT2D eigenvalue weighted by molar-refractivity contribution is 5.66. The number of hydrogen-bond donors (Lipinski definition) is 2. The highest BCUT2D eigenvalue weighted by Gasteiger charge is 2.46. The van der Waals surface area contributed by atoms with Crippen LogP contribution >= 0.6 is 0 Å². The Hall–Kier alpha value is -3.58. The number of piperidine rings is 2. The minimum atomic E-state index is -0.00329. The van der Waals surface area contributed by atoms with Crippen molar-refractivity contribution in [3.8, 4) is 28.9 Å². The Bertz CT molecular complexity index is 1200. The van der Waals surface area contributed by atoms with Gasteiger partial charge in [-0.15, -0.1) is 15.3 Å². The van der Waals surface area contributed by atoms with E-state index in [1.165, 1.54) is 36.3 Å². The minimum absolute atomic E-state index is 0.00329. The summed E-state index contributed by atoms with van der Waals surface area (Å²) < 4.78 is 1.43. The maximum absolute atomic E-state index is 10.5. The van der Waals surface area contributed by atoms with E-state index in [4.69, 9.17) is 5.26 Å². The molecular weight excluding hydrogens is 418 g/mol. The number of nitriles is 1. The van der Waals surface area contributed by atoms with Gasteiger partial charge in [-0.1, -0.05) is 0 Å². The van der Waals surface area contributed by atoms with Crippen LogP contribution in [0.4, 0.5) is 5.82 Å². The Morgan fingerprint density at radius 1 is 1.18 bits per heavy atom. The topological polar surface area (TPSA) is 129 Å². The van der Waals surface area contributed by atoms with E-state index in [-0.39, 0.29) is 22.7 Å². The largest absolute Gasteiger partial charge is 0.507 e. The lowest BCUT2D eigenvalue weighted by Crippen LogP contribution is -2.66. The molecule has 2 N–H and O–H groups in total. The first-order valence-electron chi connectivity index (χ1n) is 11.1. The van der Waals surface area contributed by atoms with Gasteiger partial charge < -0.3 is 15.3 Å². The first-order chi connectivity index (χ1) is 15.8. The number of benzene rings is 1. The van der Waals surface area contributed by atoms with Gasteiger partial charge in [-0.05, 0) is 58.1 Å². The molecule has 0 saturated carbocycles. The summed E-state index contributed by atoms with van der Waals surface area (Å²) in [5.74, 6) is 1.12. The summed E-state index contributed by atoms with van der Waals surface area (Å²) in [6.45, 7) is 4.65. The molecule has 2 aliphatic rings. The lowest BCUT2D eigenvalue weighted by Gasteiger charge is -2.55. The number of nitrogens with zero attached hydrogens (tertiary/aromatic N) is 8. The molecule has 10 heteroatoms. The van der Waals surface area contributed by atoms with E-state index in [1.807, 2.05) is 6.07 Å². The summed E-state index contributed by atoms with van der Waals surface area (Å²) >= 11 is 0. The van der Waals surface area contributed by atoms with Crippen molar-refractivity contribution in [1.29, 1.82) is 5.26 Å². The Balaban J connectivity index is 1.35. The monoisotopic (exact) mass is 445 g/mol. The molecule has 0 radical (unpaired) electrons. The number of phenolic OH excluding ortho intramolecular Hbond substituents is 1. The third-order valence-electron chi connectivity index (χ3n) is 6.97. The number of rotatable bonds is 4. The normalized spacial score (nSPS) is 26.5. The molecule has 2 aliphatic heterocycles. The van der Waals surface area contributed by atoms with Crippen LogP contribution in [0.5, 0.6) is 5.75 Å². The fourth-order valence-electron chi connectivity index (χ4n) is 5.45. The van der Waals surface area contributed by atoms with Crippen LogP contribution in [0.15, 0.2) is 30.7 Å². The number of aromatic hydroxyl groups is 1. The average Bonchev–Trinajstić information content (AvgIpc) is 3.27. The molecule has 3 aromatic rings. The molecule has 4 heterocycles.